The quantitative estimate of drug-likeness (QED) is 0.204. The lowest BCUT2D eigenvalue weighted by Crippen LogP contribution is -2.48. The monoisotopic (exact) mass is 529 g/mol. The first-order valence-corrected chi connectivity index (χ1v) is 15.1. The van der Waals surface area contributed by atoms with Gasteiger partial charge in [-0.25, -0.2) is 0 Å². The summed E-state index contributed by atoms with van der Waals surface area (Å²) in [6.45, 7) is 11.3. The van der Waals surface area contributed by atoms with Crippen molar-refractivity contribution in [1.29, 1.82) is 0 Å². The maximum Gasteiger partial charge on any atom is 0.0440 e. The van der Waals surface area contributed by atoms with E-state index in [0.29, 0.717) is 6.04 Å². The van der Waals surface area contributed by atoms with E-state index in [1.807, 2.05) is 6.26 Å². The number of benzene rings is 3. The van der Waals surface area contributed by atoms with Gasteiger partial charge in [0.1, 0.15) is 0 Å². The number of aryl methyl sites for hydroxylation is 1. The second-order valence-corrected chi connectivity index (χ2v) is 11.1. The molecule has 3 aromatic rings. The first-order chi connectivity index (χ1) is 18.5. The molecule has 0 bridgehead atoms. The highest BCUT2D eigenvalue weighted by atomic mass is 32.2. The summed E-state index contributed by atoms with van der Waals surface area (Å²) < 4.78 is 3.32. The zero-order chi connectivity index (χ0) is 26.9. The molecule has 4 nitrogen and oxygen atoms in total. The van der Waals surface area contributed by atoms with Crippen LogP contribution in [-0.2, 0) is 6.42 Å². The summed E-state index contributed by atoms with van der Waals surface area (Å²) in [5.41, 5.74) is 10.2. The molecule has 0 atom stereocenters. The predicted molar refractivity (Wildman–Crippen MR) is 167 cm³/mol. The van der Waals surface area contributed by atoms with Crippen molar-refractivity contribution in [1.82, 2.24) is 4.90 Å². The average Bonchev–Trinajstić information content (AvgIpc) is 2.94. The first kappa shape index (κ1) is 28.3. The largest absolute Gasteiger partial charge is 0.396 e. The number of allylic oxidation sites excluding steroid dienone is 2. The number of aliphatic hydroxyl groups is 1. The van der Waals surface area contributed by atoms with Gasteiger partial charge in [0.2, 0.25) is 0 Å². The predicted octanol–water partition coefficient (Wildman–Crippen LogP) is 7.14. The van der Waals surface area contributed by atoms with Crippen molar-refractivity contribution in [2.75, 3.05) is 48.7 Å². The molecule has 0 unspecified atom stereocenters. The van der Waals surface area contributed by atoms with Crippen LogP contribution in [0.15, 0.2) is 72.8 Å². The van der Waals surface area contributed by atoms with Gasteiger partial charge in [0.05, 0.1) is 0 Å². The highest BCUT2D eigenvalue weighted by molar-refractivity contribution is 7.99. The van der Waals surface area contributed by atoms with E-state index >= 15 is 0 Å². The molecule has 1 aliphatic heterocycles. The fourth-order valence-corrected chi connectivity index (χ4v) is 5.75. The summed E-state index contributed by atoms with van der Waals surface area (Å²) >= 11 is 1.61. The van der Waals surface area contributed by atoms with Gasteiger partial charge in [0.25, 0.3) is 0 Å². The van der Waals surface area contributed by atoms with Crippen LogP contribution in [0.1, 0.15) is 48.9 Å². The van der Waals surface area contributed by atoms with Crippen LogP contribution >= 0.6 is 11.9 Å². The molecular formula is C33H43N3OS. The van der Waals surface area contributed by atoms with E-state index < -0.39 is 0 Å². The molecule has 1 aliphatic rings. The standard InChI is InChI=1S/C33H43N3OS/c1-25(2)35-19-21-36(22-20-35)30-17-13-28(14-18-30)33(24-27-11-15-29(16-12-27)34-38-4)32(10-7-23-37)31-9-6-5-8-26(31)3/h5-6,8-9,11-18,25,34,37H,7,10,19-24H2,1-4H3/b33-32-. The number of nitrogens with zero attached hydrogens (tertiary/aromatic N) is 2. The maximum absolute atomic E-state index is 9.75. The van der Waals surface area contributed by atoms with Gasteiger partial charge >= 0.3 is 0 Å². The molecule has 4 rings (SSSR count). The van der Waals surface area contributed by atoms with Crippen LogP contribution < -0.4 is 9.62 Å². The third kappa shape index (κ3) is 7.22. The lowest BCUT2D eigenvalue weighted by Gasteiger charge is -2.38. The van der Waals surface area contributed by atoms with Gasteiger partial charge in [-0.3, -0.25) is 4.90 Å². The van der Waals surface area contributed by atoms with Gasteiger partial charge in [0.15, 0.2) is 0 Å². The Bertz CT molecular complexity index is 1180. The minimum atomic E-state index is 0.193. The highest BCUT2D eigenvalue weighted by Gasteiger charge is 2.20. The minimum absolute atomic E-state index is 0.193. The van der Waals surface area contributed by atoms with E-state index in [9.17, 15) is 5.11 Å². The van der Waals surface area contributed by atoms with Crippen LogP contribution in [0.2, 0.25) is 0 Å². The average molecular weight is 530 g/mol. The van der Waals surface area contributed by atoms with Crippen LogP contribution in [0.25, 0.3) is 11.1 Å². The molecular weight excluding hydrogens is 486 g/mol. The van der Waals surface area contributed by atoms with E-state index in [2.05, 4.69) is 108 Å². The molecule has 202 valence electrons. The van der Waals surface area contributed by atoms with Crippen molar-refractivity contribution >= 4 is 34.5 Å². The van der Waals surface area contributed by atoms with Crippen molar-refractivity contribution in [3.63, 3.8) is 0 Å². The second kappa shape index (κ2) is 13.9. The van der Waals surface area contributed by atoms with Crippen LogP contribution in [0.3, 0.4) is 0 Å². The molecule has 2 N–H and O–H groups in total. The highest BCUT2D eigenvalue weighted by Crippen LogP contribution is 2.35. The Morgan fingerprint density at radius 1 is 0.895 bits per heavy atom. The third-order valence-corrected chi connectivity index (χ3v) is 8.04. The van der Waals surface area contributed by atoms with E-state index in [1.165, 1.54) is 39.1 Å². The normalized spacial score (nSPS) is 15.1. The molecule has 0 radical (unpaired) electrons. The Labute approximate surface area is 233 Å². The Kier molecular flexibility index (Phi) is 10.3. The molecule has 1 heterocycles. The van der Waals surface area contributed by atoms with Gasteiger partial charge in [-0.1, -0.05) is 60.5 Å². The van der Waals surface area contributed by atoms with E-state index in [4.69, 9.17) is 0 Å². The van der Waals surface area contributed by atoms with Crippen LogP contribution in [0, 0.1) is 6.92 Å². The second-order valence-electron chi connectivity index (χ2n) is 10.4. The van der Waals surface area contributed by atoms with Gasteiger partial charge < -0.3 is 14.7 Å². The van der Waals surface area contributed by atoms with Gasteiger partial charge in [-0.05, 0) is 97.7 Å². The Balaban J connectivity index is 1.70. The third-order valence-electron chi connectivity index (χ3n) is 7.60. The topological polar surface area (TPSA) is 38.7 Å². The summed E-state index contributed by atoms with van der Waals surface area (Å²) in [5.74, 6) is 0. The maximum atomic E-state index is 9.75. The number of hydrogen-bond donors (Lipinski definition) is 2. The number of nitrogens with one attached hydrogen (secondary N) is 1. The van der Waals surface area contributed by atoms with Gasteiger partial charge in [-0.15, -0.1) is 0 Å². The van der Waals surface area contributed by atoms with E-state index in [1.54, 1.807) is 11.9 Å². The van der Waals surface area contributed by atoms with Crippen molar-refractivity contribution < 1.29 is 5.11 Å². The van der Waals surface area contributed by atoms with Crippen molar-refractivity contribution in [3.05, 3.63) is 95.1 Å². The lowest BCUT2D eigenvalue weighted by molar-refractivity contribution is 0.209. The molecule has 1 saturated heterocycles. The van der Waals surface area contributed by atoms with Crippen molar-refractivity contribution in [3.8, 4) is 0 Å². The number of anilines is 2. The smallest absolute Gasteiger partial charge is 0.0440 e. The van der Waals surface area contributed by atoms with Crippen LogP contribution in [0.5, 0.6) is 0 Å². The molecule has 0 saturated carbocycles. The zero-order valence-electron chi connectivity index (χ0n) is 23.4. The van der Waals surface area contributed by atoms with Crippen LogP contribution in [-0.4, -0.2) is 55.1 Å². The molecule has 1 fully saturated rings. The Morgan fingerprint density at radius 3 is 2.18 bits per heavy atom. The van der Waals surface area contributed by atoms with Crippen molar-refractivity contribution in [2.24, 2.45) is 0 Å². The van der Waals surface area contributed by atoms with Gasteiger partial charge in [0, 0.05) is 56.5 Å². The SMILES string of the molecule is CSNc1ccc(C/C(=C(\CCCO)c2ccccc2C)c2ccc(N3CCN(C(C)C)CC3)cc2)cc1. The molecule has 0 aliphatic carbocycles. The molecule has 0 amide bonds. The number of aliphatic hydroxyl groups excluding tert-OH is 1. The van der Waals surface area contributed by atoms with Gasteiger partial charge in [-0.2, -0.15) is 0 Å². The summed E-state index contributed by atoms with van der Waals surface area (Å²) in [7, 11) is 0. The molecule has 38 heavy (non-hydrogen) atoms. The number of hydrogen-bond acceptors (Lipinski definition) is 5. The molecule has 0 spiro atoms. The Hall–Kier alpha value is -2.73. The summed E-state index contributed by atoms with van der Waals surface area (Å²) in [5, 5.41) is 9.75. The number of piperazine rings is 1. The zero-order valence-corrected chi connectivity index (χ0v) is 24.2. The summed E-state index contributed by atoms with van der Waals surface area (Å²) in [4.78, 5) is 5.07. The Morgan fingerprint density at radius 2 is 1.58 bits per heavy atom. The van der Waals surface area contributed by atoms with Crippen molar-refractivity contribution in [2.45, 2.75) is 46.1 Å². The number of rotatable bonds is 11. The first-order valence-electron chi connectivity index (χ1n) is 13.9. The molecule has 3 aromatic carbocycles. The molecule has 5 heteroatoms. The lowest BCUT2D eigenvalue weighted by atomic mass is 9.86. The fraction of sp³-hybridized carbons (Fsp3) is 0.394. The summed E-state index contributed by atoms with van der Waals surface area (Å²) in [6, 6.07) is 27.2. The fourth-order valence-electron chi connectivity index (χ4n) is 5.38. The van der Waals surface area contributed by atoms with E-state index in [0.717, 1.165) is 51.1 Å². The van der Waals surface area contributed by atoms with E-state index in [-0.39, 0.29) is 6.61 Å². The summed E-state index contributed by atoms with van der Waals surface area (Å²) in [6.07, 6.45) is 4.49. The van der Waals surface area contributed by atoms with Crippen LogP contribution in [0.4, 0.5) is 11.4 Å². The molecule has 0 aromatic heterocycles. The minimum Gasteiger partial charge on any atom is -0.396 e.